The third-order valence-corrected chi connectivity index (χ3v) is 7.65. The summed E-state index contributed by atoms with van der Waals surface area (Å²) in [6, 6.07) is 26.0. The monoisotopic (exact) mass is 536 g/mol. The highest BCUT2D eigenvalue weighted by molar-refractivity contribution is 9.10. The van der Waals surface area contributed by atoms with E-state index in [1.165, 1.54) is 4.31 Å². The minimum Gasteiger partial charge on any atom is -0.459 e. The smallest absolute Gasteiger partial charge is 0.243 e. The minimum atomic E-state index is -3.74. The molecule has 0 aliphatic carbocycles. The minimum absolute atomic E-state index is 0.107. The van der Waals surface area contributed by atoms with Gasteiger partial charge in [-0.05, 0) is 67.9 Å². The van der Waals surface area contributed by atoms with Crippen LogP contribution in [0.1, 0.15) is 28.2 Å². The predicted octanol–water partition coefficient (Wildman–Crippen LogP) is 6.80. The Bertz CT molecular complexity index is 1380. The van der Waals surface area contributed by atoms with E-state index in [0.29, 0.717) is 11.5 Å². The average Bonchev–Trinajstić information content (AvgIpc) is 3.27. The summed E-state index contributed by atoms with van der Waals surface area (Å²) in [4.78, 5) is 4.68. The summed E-state index contributed by atoms with van der Waals surface area (Å²) >= 11 is 3.41. The highest BCUT2D eigenvalue weighted by atomic mass is 79.9. The summed E-state index contributed by atoms with van der Waals surface area (Å²) in [6.07, 6.45) is 1.63. The predicted molar refractivity (Wildman–Crippen MR) is 139 cm³/mol. The molecule has 34 heavy (non-hydrogen) atoms. The lowest BCUT2D eigenvalue weighted by Crippen LogP contribution is -2.30. The number of benzene rings is 3. The van der Waals surface area contributed by atoms with Crippen molar-refractivity contribution >= 4 is 37.9 Å². The second-order valence-corrected chi connectivity index (χ2v) is 11.0. The van der Waals surface area contributed by atoms with Crippen LogP contribution in [0.15, 0.2) is 104 Å². The molecule has 4 aromatic rings. The third kappa shape index (κ3) is 6.11. The maximum atomic E-state index is 13.5. The number of hydrogen-bond donors (Lipinski definition) is 0. The van der Waals surface area contributed by atoms with Crippen molar-refractivity contribution in [3.8, 4) is 0 Å². The highest BCUT2D eigenvalue weighted by Gasteiger charge is 2.26. The Morgan fingerprint density at radius 3 is 2.09 bits per heavy atom. The number of nitrogens with zero attached hydrogens (tertiary/aromatic N) is 2. The van der Waals surface area contributed by atoms with E-state index in [9.17, 15) is 8.42 Å². The quantitative estimate of drug-likeness (QED) is 0.232. The van der Waals surface area contributed by atoms with Crippen molar-refractivity contribution in [3.05, 3.63) is 118 Å². The molecule has 0 saturated heterocycles. The van der Waals surface area contributed by atoms with Crippen LogP contribution >= 0.6 is 15.9 Å². The fourth-order valence-electron chi connectivity index (χ4n) is 3.37. The van der Waals surface area contributed by atoms with E-state index < -0.39 is 10.0 Å². The van der Waals surface area contributed by atoms with Gasteiger partial charge in [-0.1, -0.05) is 63.5 Å². The first-order valence-electron chi connectivity index (χ1n) is 10.8. The first kappa shape index (κ1) is 24.1. The topological polar surface area (TPSA) is 62.9 Å². The molecule has 0 amide bonds. The van der Waals surface area contributed by atoms with Crippen LogP contribution in [0, 0.1) is 13.8 Å². The number of hydrogen-bond acceptors (Lipinski definition) is 4. The Morgan fingerprint density at radius 2 is 1.44 bits per heavy atom. The van der Waals surface area contributed by atoms with Crippen molar-refractivity contribution < 1.29 is 12.8 Å². The largest absolute Gasteiger partial charge is 0.459 e. The summed E-state index contributed by atoms with van der Waals surface area (Å²) in [5.41, 5.74) is 3.83. The van der Waals surface area contributed by atoms with Gasteiger partial charge >= 0.3 is 0 Å². The molecule has 0 spiro atoms. The summed E-state index contributed by atoms with van der Waals surface area (Å²) in [7, 11) is -3.74. The maximum absolute atomic E-state index is 13.5. The zero-order valence-electron chi connectivity index (χ0n) is 19.0. The van der Waals surface area contributed by atoms with Crippen molar-refractivity contribution in [2.75, 3.05) is 0 Å². The molecule has 0 aliphatic heterocycles. The molecule has 0 saturated carbocycles. The van der Waals surface area contributed by atoms with Gasteiger partial charge in [0.1, 0.15) is 11.5 Å². The van der Waals surface area contributed by atoms with Gasteiger partial charge in [0, 0.05) is 11.0 Å². The van der Waals surface area contributed by atoms with E-state index in [4.69, 9.17) is 4.42 Å². The van der Waals surface area contributed by atoms with Gasteiger partial charge in [-0.3, -0.25) is 4.99 Å². The Kier molecular flexibility index (Phi) is 7.46. The van der Waals surface area contributed by atoms with Gasteiger partial charge in [0.2, 0.25) is 10.0 Å². The molecule has 0 aliphatic rings. The van der Waals surface area contributed by atoms with Gasteiger partial charge in [-0.15, -0.1) is 0 Å². The first-order chi connectivity index (χ1) is 16.3. The Hall–Kier alpha value is -3.00. The van der Waals surface area contributed by atoms with E-state index in [2.05, 4.69) is 20.9 Å². The highest BCUT2D eigenvalue weighted by Crippen LogP contribution is 2.23. The molecular weight excluding hydrogens is 512 g/mol. The Balaban J connectivity index is 1.58. The number of halogens is 1. The van der Waals surface area contributed by atoms with E-state index in [0.717, 1.165) is 26.9 Å². The summed E-state index contributed by atoms with van der Waals surface area (Å²) < 4.78 is 35.4. The van der Waals surface area contributed by atoms with Gasteiger partial charge in [-0.2, -0.15) is 4.31 Å². The molecule has 3 aromatic carbocycles. The number of aryl methyl sites for hydroxylation is 2. The molecule has 7 heteroatoms. The summed E-state index contributed by atoms with van der Waals surface area (Å²) in [5, 5.41) is 0. The SMILES string of the molecule is Cc1ccc(CN(Cc2ccc(C=Nc3ccc(Br)cc3)o2)S(=O)(=O)c2ccc(C)cc2)cc1. The van der Waals surface area contributed by atoms with Crippen LogP contribution in [0.2, 0.25) is 0 Å². The molecule has 0 N–H and O–H groups in total. The molecule has 1 aromatic heterocycles. The fraction of sp³-hybridized carbons (Fsp3) is 0.148. The van der Waals surface area contributed by atoms with Crippen LogP contribution in [0.3, 0.4) is 0 Å². The maximum Gasteiger partial charge on any atom is 0.243 e. The number of furan rings is 1. The van der Waals surface area contributed by atoms with Crippen LogP contribution in [0.5, 0.6) is 0 Å². The van der Waals surface area contributed by atoms with Crippen molar-refractivity contribution in [2.24, 2.45) is 4.99 Å². The van der Waals surface area contributed by atoms with Crippen molar-refractivity contribution in [1.82, 2.24) is 4.31 Å². The Labute approximate surface area is 209 Å². The van der Waals surface area contributed by atoms with Crippen molar-refractivity contribution in [2.45, 2.75) is 31.8 Å². The molecule has 4 rings (SSSR count). The van der Waals surface area contributed by atoms with E-state index in [-0.39, 0.29) is 18.0 Å². The molecule has 5 nitrogen and oxygen atoms in total. The molecule has 0 radical (unpaired) electrons. The molecule has 0 fully saturated rings. The van der Waals surface area contributed by atoms with E-state index in [1.54, 1.807) is 42.6 Å². The van der Waals surface area contributed by atoms with Gasteiger partial charge in [0.25, 0.3) is 0 Å². The number of sulfonamides is 1. The number of aliphatic imine (C=N–C) groups is 1. The Morgan fingerprint density at radius 1 is 0.824 bits per heavy atom. The van der Waals surface area contributed by atoms with Gasteiger partial charge in [-0.25, -0.2) is 8.42 Å². The lowest BCUT2D eigenvalue weighted by Gasteiger charge is -2.21. The third-order valence-electron chi connectivity index (χ3n) is 5.32. The summed E-state index contributed by atoms with van der Waals surface area (Å²) in [5.74, 6) is 1.10. The van der Waals surface area contributed by atoms with Crippen LogP contribution < -0.4 is 0 Å². The second-order valence-electron chi connectivity index (χ2n) is 8.11. The normalized spacial score (nSPS) is 12.0. The summed E-state index contributed by atoms with van der Waals surface area (Å²) in [6.45, 7) is 4.28. The van der Waals surface area contributed by atoms with E-state index in [1.807, 2.05) is 62.4 Å². The van der Waals surface area contributed by atoms with Crippen LogP contribution in [-0.2, 0) is 23.1 Å². The van der Waals surface area contributed by atoms with Gasteiger partial charge in [0.05, 0.1) is 23.3 Å². The molecule has 0 atom stereocenters. The van der Waals surface area contributed by atoms with Crippen molar-refractivity contribution in [1.29, 1.82) is 0 Å². The lowest BCUT2D eigenvalue weighted by atomic mass is 10.1. The zero-order valence-corrected chi connectivity index (χ0v) is 21.4. The van der Waals surface area contributed by atoms with Crippen molar-refractivity contribution in [3.63, 3.8) is 0 Å². The van der Waals surface area contributed by atoms with E-state index >= 15 is 0 Å². The average molecular weight is 537 g/mol. The van der Waals surface area contributed by atoms with Crippen LogP contribution in [0.25, 0.3) is 0 Å². The molecule has 174 valence electrons. The molecule has 0 bridgehead atoms. The van der Waals surface area contributed by atoms with Crippen LogP contribution in [0.4, 0.5) is 5.69 Å². The van der Waals surface area contributed by atoms with Gasteiger partial charge < -0.3 is 4.42 Å². The first-order valence-corrected chi connectivity index (χ1v) is 13.0. The number of rotatable bonds is 8. The zero-order chi connectivity index (χ0) is 24.1. The fourth-order valence-corrected chi connectivity index (χ4v) is 5.03. The van der Waals surface area contributed by atoms with Crippen LogP contribution in [-0.4, -0.2) is 18.9 Å². The van der Waals surface area contributed by atoms with Gasteiger partial charge in [0.15, 0.2) is 0 Å². The lowest BCUT2D eigenvalue weighted by molar-refractivity contribution is 0.357. The molecule has 1 heterocycles. The molecule has 0 unspecified atom stereocenters. The molecular formula is C27H25BrN2O3S. The standard InChI is InChI=1S/C27H25BrN2O3S/c1-20-3-7-22(8-4-20)18-30(34(31,32)27-15-5-21(2)6-16-27)19-26-14-13-25(33-26)17-29-24-11-9-23(28)10-12-24/h3-17H,18-19H2,1-2H3. The second kappa shape index (κ2) is 10.5.